The second-order valence-corrected chi connectivity index (χ2v) is 2.86. The second-order valence-electron chi connectivity index (χ2n) is 2.86. The molecule has 0 bridgehead atoms. The SMILES string of the molecule is Cc1nnc2c(CN=[N+]=[N-])cccn12. The molecule has 6 heteroatoms. The highest BCUT2D eigenvalue weighted by atomic mass is 15.2. The Balaban J connectivity index is 2.59. The summed E-state index contributed by atoms with van der Waals surface area (Å²) < 4.78 is 1.86. The Hall–Kier alpha value is -2.07. The fourth-order valence-corrected chi connectivity index (χ4v) is 1.32. The summed E-state index contributed by atoms with van der Waals surface area (Å²) in [4.78, 5) is 2.71. The predicted octanol–water partition coefficient (Wildman–Crippen LogP) is 1.85. The molecule has 0 spiro atoms. The zero-order valence-corrected chi connectivity index (χ0v) is 7.62. The molecule has 2 rings (SSSR count). The average molecular weight is 188 g/mol. The van der Waals surface area contributed by atoms with Crippen LogP contribution < -0.4 is 0 Å². The zero-order valence-electron chi connectivity index (χ0n) is 7.62. The Bertz CT molecular complexity index is 508. The fraction of sp³-hybridized carbons (Fsp3) is 0.250. The molecule has 0 aliphatic heterocycles. The topological polar surface area (TPSA) is 79.0 Å². The summed E-state index contributed by atoms with van der Waals surface area (Å²) in [5, 5.41) is 11.4. The lowest BCUT2D eigenvalue weighted by atomic mass is 10.3. The van der Waals surface area contributed by atoms with Crippen LogP contribution in [0.4, 0.5) is 0 Å². The van der Waals surface area contributed by atoms with Gasteiger partial charge in [-0.2, -0.15) is 0 Å². The lowest BCUT2D eigenvalue weighted by molar-refractivity contribution is 1.00. The third-order valence-corrected chi connectivity index (χ3v) is 1.99. The first-order valence-electron chi connectivity index (χ1n) is 4.13. The third kappa shape index (κ3) is 1.27. The summed E-state index contributed by atoms with van der Waals surface area (Å²) in [5.74, 6) is 0.822. The van der Waals surface area contributed by atoms with Crippen LogP contribution in [0.2, 0.25) is 0 Å². The lowest BCUT2D eigenvalue weighted by Crippen LogP contribution is -1.91. The normalized spacial score (nSPS) is 10.1. The Kier molecular flexibility index (Phi) is 2.04. The number of aromatic nitrogens is 3. The van der Waals surface area contributed by atoms with Gasteiger partial charge in [0, 0.05) is 16.7 Å². The van der Waals surface area contributed by atoms with E-state index < -0.39 is 0 Å². The molecule has 6 nitrogen and oxygen atoms in total. The van der Waals surface area contributed by atoms with Gasteiger partial charge in [-0.25, -0.2) is 0 Å². The standard InChI is InChI=1S/C8H8N6/c1-6-11-12-8-7(5-10-13-9)3-2-4-14(6)8/h2-4H,5H2,1H3. The van der Waals surface area contributed by atoms with Crippen molar-refractivity contribution in [3.8, 4) is 0 Å². The van der Waals surface area contributed by atoms with Gasteiger partial charge in [0.25, 0.3) is 0 Å². The van der Waals surface area contributed by atoms with E-state index in [1.54, 1.807) is 0 Å². The van der Waals surface area contributed by atoms with Crippen LogP contribution in [0.5, 0.6) is 0 Å². The van der Waals surface area contributed by atoms with E-state index >= 15 is 0 Å². The minimum atomic E-state index is 0.305. The van der Waals surface area contributed by atoms with Crippen LogP contribution in [-0.4, -0.2) is 14.6 Å². The van der Waals surface area contributed by atoms with Crippen LogP contribution in [0.1, 0.15) is 11.4 Å². The molecule has 0 aliphatic rings. The van der Waals surface area contributed by atoms with E-state index in [1.165, 1.54) is 0 Å². The van der Waals surface area contributed by atoms with Crippen molar-refractivity contribution < 1.29 is 0 Å². The molecule has 0 unspecified atom stereocenters. The molecule has 2 aromatic rings. The Morgan fingerprint density at radius 2 is 2.43 bits per heavy atom. The lowest BCUT2D eigenvalue weighted by Gasteiger charge is -1.98. The quantitative estimate of drug-likeness (QED) is 0.409. The summed E-state index contributed by atoms with van der Waals surface area (Å²) >= 11 is 0. The molecule has 0 aliphatic carbocycles. The van der Waals surface area contributed by atoms with Gasteiger partial charge >= 0.3 is 0 Å². The average Bonchev–Trinajstić information content (AvgIpc) is 2.58. The van der Waals surface area contributed by atoms with Crippen molar-refractivity contribution in [3.05, 3.63) is 40.2 Å². The first kappa shape index (κ1) is 8.52. The van der Waals surface area contributed by atoms with Crippen molar-refractivity contribution in [1.29, 1.82) is 0 Å². The molecular weight excluding hydrogens is 180 g/mol. The number of aryl methyl sites for hydroxylation is 1. The monoisotopic (exact) mass is 188 g/mol. The molecule has 0 radical (unpaired) electrons. The Labute approximate surface area is 79.8 Å². The first-order valence-corrected chi connectivity index (χ1v) is 4.13. The molecule has 0 N–H and O–H groups in total. The third-order valence-electron chi connectivity index (χ3n) is 1.99. The highest BCUT2D eigenvalue weighted by Gasteiger charge is 2.04. The van der Waals surface area contributed by atoms with Crippen LogP contribution in [0.3, 0.4) is 0 Å². The molecule has 0 saturated carbocycles. The fourth-order valence-electron chi connectivity index (χ4n) is 1.32. The largest absolute Gasteiger partial charge is 0.286 e. The van der Waals surface area contributed by atoms with Gasteiger partial charge in [0.05, 0.1) is 6.54 Å². The molecule has 0 aromatic carbocycles. The second kappa shape index (κ2) is 3.35. The Morgan fingerprint density at radius 3 is 3.21 bits per heavy atom. The number of fused-ring (bicyclic) bond motifs is 1. The minimum absolute atomic E-state index is 0.305. The summed E-state index contributed by atoms with van der Waals surface area (Å²) in [6, 6.07) is 3.75. The van der Waals surface area contributed by atoms with Crippen molar-refractivity contribution in [2.75, 3.05) is 0 Å². The zero-order chi connectivity index (χ0) is 9.97. The molecule has 2 aromatic heterocycles. The van der Waals surface area contributed by atoms with Gasteiger partial charge in [0.15, 0.2) is 5.65 Å². The molecular formula is C8H8N6. The van der Waals surface area contributed by atoms with E-state index in [1.807, 2.05) is 29.7 Å². The van der Waals surface area contributed by atoms with Crippen molar-refractivity contribution in [3.63, 3.8) is 0 Å². The minimum Gasteiger partial charge on any atom is -0.286 e. The number of rotatable bonds is 2. The number of azide groups is 1. The molecule has 0 fully saturated rings. The molecule has 0 atom stereocenters. The van der Waals surface area contributed by atoms with Crippen molar-refractivity contribution in [2.45, 2.75) is 13.5 Å². The maximum absolute atomic E-state index is 8.22. The highest BCUT2D eigenvalue weighted by Crippen LogP contribution is 2.10. The van der Waals surface area contributed by atoms with Crippen LogP contribution in [0.25, 0.3) is 16.1 Å². The van der Waals surface area contributed by atoms with Gasteiger partial charge in [-0.3, -0.25) is 4.40 Å². The number of nitrogens with zero attached hydrogens (tertiary/aromatic N) is 6. The van der Waals surface area contributed by atoms with Crippen molar-refractivity contribution in [2.24, 2.45) is 5.11 Å². The smallest absolute Gasteiger partial charge is 0.164 e. The van der Waals surface area contributed by atoms with Gasteiger partial charge in [-0.05, 0) is 18.5 Å². The first-order chi connectivity index (χ1) is 6.83. The molecule has 70 valence electrons. The van der Waals surface area contributed by atoms with Gasteiger partial charge in [0.2, 0.25) is 0 Å². The molecule has 14 heavy (non-hydrogen) atoms. The van der Waals surface area contributed by atoms with Gasteiger partial charge in [0.1, 0.15) is 5.82 Å². The van der Waals surface area contributed by atoms with Gasteiger partial charge in [-0.15, -0.1) is 10.2 Å². The van der Waals surface area contributed by atoms with E-state index in [2.05, 4.69) is 20.2 Å². The summed E-state index contributed by atoms with van der Waals surface area (Å²) in [6.07, 6.45) is 1.88. The molecule has 0 saturated heterocycles. The Morgan fingerprint density at radius 1 is 1.57 bits per heavy atom. The maximum Gasteiger partial charge on any atom is 0.164 e. The molecule has 0 amide bonds. The van der Waals surface area contributed by atoms with Crippen LogP contribution in [0.15, 0.2) is 23.4 Å². The number of hydrogen-bond acceptors (Lipinski definition) is 3. The van der Waals surface area contributed by atoms with Crippen molar-refractivity contribution >= 4 is 5.65 Å². The van der Waals surface area contributed by atoms with Gasteiger partial charge in [-0.1, -0.05) is 11.2 Å². The summed E-state index contributed by atoms with van der Waals surface area (Å²) in [7, 11) is 0. The van der Waals surface area contributed by atoms with E-state index in [-0.39, 0.29) is 0 Å². The van der Waals surface area contributed by atoms with Crippen LogP contribution in [0, 0.1) is 6.92 Å². The maximum atomic E-state index is 8.22. The summed E-state index contributed by atoms with van der Waals surface area (Å²) in [6.45, 7) is 2.18. The van der Waals surface area contributed by atoms with Crippen LogP contribution in [-0.2, 0) is 6.54 Å². The van der Waals surface area contributed by atoms with E-state index in [0.717, 1.165) is 17.0 Å². The summed E-state index contributed by atoms with van der Waals surface area (Å²) in [5.41, 5.74) is 9.85. The van der Waals surface area contributed by atoms with Crippen LogP contribution >= 0.6 is 0 Å². The van der Waals surface area contributed by atoms with E-state index in [0.29, 0.717) is 6.54 Å². The highest BCUT2D eigenvalue weighted by molar-refractivity contribution is 5.47. The van der Waals surface area contributed by atoms with E-state index in [9.17, 15) is 0 Å². The van der Waals surface area contributed by atoms with Gasteiger partial charge < -0.3 is 0 Å². The predicted molar refractivity (Wildman–Crippen MR) is 50.6 cm³/mol. The number of pyridine rings is 1. The van der Waals surface area contributed by atoms with Crippen molar-refractivity contribution in [1.82, 2.24) is 14.6 Å². The number of hydrogen-bond donors (Lipinski definition) is 0. The van der Waals surface area contributed by atoms with E-state index in [4.69, 9.17) is 5.53 Å². The molecule has 2 heterocycles.